The van der Waals surface area contributed by atoms with Gasteiger partial charge >= 0.3 is 0 Å². The summed E-state index contributed by atoms with van der Waals surface area (Å²) in [5.41, 5.74) is 0. The van der Waals surface area contributed by atoms with Gasteiger partial charge in [0.25, 0.3) is 0 Å². The van der Waals surface area contributed by atoms with Crippen molar-refractivity contribution < 1.29 is 0 Å². The molecule has 0 aliphatic heterocycles. The van der Waals surface area contributed by atoms with Gasteiger partial charge in [0.05, 0.1) is 4.70 Å². The number of aromatic nitrogens is 1. The van der Waals surface area contributed by atoms with E-state index in [9.17, 15) is 0 Å². The molecular weight excluding hydrogens is 296 g/mol. The highest BCUT2D eigenvalue weighted by atomic mass is 79.9. The smallest absolute Gasteiger partial charge is 0.144 e. The Kier molecular flexibility index (Phi) is 3.83. The van der Waals surface area contributed by atoms with Crippen LogP contribution in [0, 0.1) is 0 Å². The minimum Gasteiger partial charge on any atom is -0.369 e. The maximum atomic E-state index is 5.62. The highest BCUT2D eigenvalue weighted by Gasteiger charge is 2.06. The zero-order valence-corrected chi connectivity index (χ0v) is 11.1. The van der Waals surface area contributed by atoms with Crippen molar-refractivity contribution in [1.29, 1.82) is 0 Å². The van der Waals surface area contributed by atoms with Gasteiger partial charge in [0, 0.05) is 28.5 Å². The molecule has 1 N–H and O–H groups in total. The first kappa shape index (κ1) is 11.2. The van der Waals surface area contributed by atoms with Gasteiger partial charge in [-0.15, -0.1) is 22.9 Å². The molecule has 0 saturated heterocycles. The van der Waals surface area contributed by atoms with Crippen LogP contribution in [0.1, 0.15) is 6.42 Å². The summed E-state index contributed by atoms with van der Waals surface area (Å²) < 4.78 is 2.24. The Morgan fingerprint density at radius 1 is 1.53 bits per heavy atom. The summed E-state index contributed by atoms with van der Waals surface area (Å²) in [5, 5.41) is 6.58. The second-order valence-corrected chi connectivity index (χ2v) is 5.24. The van der Waals surface area contributed by atoms with Crippen LogP contribution in [-0.2, 0) is 0 Å². The van der Waals surface area contributed by atoms with E-state index in [-0.39, 0.29) is 0 Å². The molecule has 80 valence electrons. The van der Waals surface area contributed by atoms with Gasteiger partial charge in [0.2, 0.25) is 0 Å². The maximum Gasteiger partial charge on any atom is 0.144 e. The van der Waals surface area contributed by atoms with Crippen molar-refractivity contribution in [3.63, 3.8) is 0 Å². The number of halogens is 2. The van der Waals surface area contributed by atoms with Gasteiger partial charge in [-0.2, -0.15) is 0 Å². The molecule has 0 aliphatic carbocycles. The molecule has 2 aromatic rings. The third-order valence-corrected chi connectivity index (χ3v) is 3.87. The number of thiophene rings is 1. The van der Waals surface area contributed by atoms with Crippen molar-refractivity contribution in [2.24, 2.45) is 0 Å². The number of fused-ring (bicyclic) bond motifs is 1. The SMILES string of the molecule is ClCCCNc1ncc(Br)c2ccsc12. The van der Waals surface area contributed by atoms with Gasteiger partial charge < -0.3 is 5.32 Å². The molecular formula is C10H10BrClN2S. The van der Waals surface area contributed by atoms with E-state index >= 15 is 0 Å². The number of nitrogens with zero attached hydrogens (tertiary/aromatic N) is 1. The summed E-state index contributed by atoms with van der Waals surface area (Å²) in [7, 11) is 0. The van der Waals surface area contributed by atoms with Gasteiger partial charge in [0.1, 0.15) is 5.82 Å². The summed E-state index contributed by atoms with van der Waals surface area (Å²) in [6.45, 7) is 0.866. The van der Waals surface area contributed by atoms with Crippen molar-refractivity contribution in [1.82, 2.24) is 4.98 Å². The van der Waals surface area contributed by atoms with Crippen LogP contribution in [0.4, 0.5) is 5.82 Å². The van der Waals surface area contributed by atoms with Gasteiger partial charge in [-0.25, -0.2) is 4.98 Å². The molecule has 0 unspecified atom stereocenters. The molecule has 2 heterocycles. The molecule has 0 spiro atoms. The molecule has 0 fully saturated rings. The highest BCUT2D eigenvalue weighted by molar-refractivity contribution is 9.10. The lowest BCUT2D eigenvalue weighted by atomic mass is 10.3. The lowest BCUT2D eigenvalue weighted by Crippen LogP contribution is -2.03. The predicted molar refractivity (Wildman–Crippen MR) is 71.1 cm³/mol. The number of hydrogen-bond donors (Lipinski definition) is 1. The van der Waals surface area contributed by atoms with Crippen LogP contribution in [0.25, 0.3) is 10.1 Å². The average Bonchev–Trinajstić information content (AvgIpc) is 2.71. The van der Waals surface area contributed by atoms with E-state index in [1.165, 1.54) is 10.1 Å². The Morgan fingerprint density at radius 2 is 2.40 bits per heavy atom. The first-order valence-corrected chi connectivity index (χ1v) is 6.85. The summed E-state index contributed by atoms with van der Waals surface area (Å²) in [6.07, 6.45) is 2.78. The summed E-state index contributed by atoms with van der Waals surface area (Å²) in [4.78, 5) is 4.36. The highest BCUT2D eigenvalue weighted by Crippen LogP contribution is 2.32. The number of rotatable bonds is 4. The zero-order valence-electron chi connectivity index (χ0n) is 7.96. The monoisotopic (exact) mass is 304 g/mol. The number of hydrogen-bond acceptors (Lipinski definition) is 3. The van der Waals surface area contributed by atoms with E-state index in [1.807, 2.05) is 6.20 Å². The quantitative estimate of drug-likeness (QED) is 0.679. The third kappa shape index (κ3) is 2.44. The largest absolute Gasteiger partial charge is 0.369 e. The molecule has 2 rings (SSSR count). The average molecular weight is 306 g/mol. The van der Waals surface area contributed by atoms with Crippen LogP contribution < -0.4 is 5.32 Å². The van der Waals surface area contributed by atoms with Crippen molar-refractivity contribution >= 4 is 54.8 Å². The molecule has 0 aliphatic rings. The van der Waals surface area contributed by atoms with Crippen molar-refractivity contribution in [3.05, 3.63) is 22.1 Å². The first-order valence-electron chi connectivity index (χ1n) is 4.64. The molecule has 0 radical (unpaired) electrons. The Labute approximate surface area is 106 Å². The molecule has 0 aromatic carbocycles. The molecule has 0 amide bonds. The number of pyridine rings is 1. The Bertz CT molecular complexity index is 458. The van der Waals surface area contributed by atoms with E-state index in [4.69, 9.17) is 11.6 Å². The van der Waals surface area contributed by atoms with Crippen LogP contribution >= 0.6 is 38.9 Å². The van der Waals surface area contributed by atoms with Gasteiger partial charge in [-0.3, -0.25) is 0 Å². The van der Waals surface area contributed by atoms with Crippen molar-refractivity contribution in [3.8, 4) is 0 Å². The fourth-order valence-electron chi connectivity index (χ4n) is 1.33. The normalized spacial score (nSPS) is 10.8. The lowest BCUT2D eigenvalue weighted by molar-refractivity contribution is 0.979. The van der Waals surface area contributed by atoms with Gasteiger partial charge in [-0.1, -0.05) is 0 Å². The second kappa shape index (κ2) is 5.14. The van der Waals surface area contributed by atoms with Crippen molar-refractivity contribution in [2.75, 3.05) is 17.7 Å². The maximum absolute atomic E-state index is 5.62. The molecule has 15 heavy (non-hydrogen) atoms. The zero-order chi connectivity index (χ0) is 10.7. The fraction of sp³-hybridized carbons (Fsp3) is 0.300. The minimum atomic E-state index is 0.678. The number of anilines is 1. The summed E-state index contributed by atoms with van der Waals surface area (Å²) in [6, 6.07) is 2.10. The van der Waals surface area contributed by atoms with Crippen LogP contribution in [0.15, 0.2) is 22.1 Å². The topological polar surface area (TPSA) is 24.9 Å². The van der Waals surface area contributed by atoms with Gasteiger partial charge in [0.15, 0.2) is 0 Å². The number of alkyl halides is 1. The first-order chi connectivity index (χ1) is 7.33. The van der Waals surface area contributed by atoms with Crippen LogP contribution in [0.5, 0.6) is 0 Å². The van der Waals surface area contributed by atoms with Crippen molar-refractivity contribution in [2.45, 2.75) is 6.42 Å². The number of nitrogens with one attached hydrogen (secondary N) is 1. The third-order valence-electron chi connectivity index (χ3n) is 2.05. The molecule has 2 nitrogen and oxygen atoms in total. The fourth-order valence-corrected chi connectivity index (χ4v) is 2.91. The van der Waals surface area contributed by atoms with E-state index in [2.05, 4.69) is 37.7 Å². The Hall–Kier alpha value is -0.320. The van der Waals surface area contributed by atoms with E-state index < -0.39 is 0 Å². The van der Waals surface area contributed by atoms with Crippen LogP contribution in [0.2, 0.25) is 0 Å². The predicted octanol–water partition coefficient (Wildman–Crippen LogP) is 4.10. The van der Waals surface area contributed by atoms with Gasteiger partial charge in [-0.05, 0) is 33.8 Å². The molecule has 2 aromatic heterocycles. The molecule has 0 bridgehead atoms. The molecule has 0 atom stereocenters. The van der Waals surface area contributed by atoms with Crippen LogP contribution in [0.3, 0.4) is 0 Å². The van der Waals surface area contributed by atoms with E-state index in [0.717, 1.165) is 23.3 Å². The summed E-state index contributed by atoms with van der Waals surface area (Å²) >= 11 is 10.8. The molecule has 0 saturated carbocycles. The standard InChI is InChI=1S/C10H10BrClN2S/c11-8-6-14-10(13-4-1-3-12)9-7(8)2-5-15-9/h2,5-6H,1,3-4H2,(H,13,14). The van der Waals surface area contributed by atoms with E-state index in [0.29, 0.717) is 5.88 Å². The minimum absolute atomic E-state index is 0.678. The lowest BCUT2D eigenvalue weighted by Gasteiger charge is -2.05. The Morgan fingerprint density at radius 3 is 3.20 bits per heavy atom. The Balaban J connectivity index is 2.27. The summed E-state index contributed by atoms with van der Waals surface area (Å²) in [5.74, 6) is 1.63. The second-order valence-electron chi connectivity index (χ2n) is 3.09. The van der Waals surface area contributed by atoms with E-state index in [1.54, 1.807) is 11.3 Å². The molecule has 5 heteroatoms. The van der Waals surface area contributed by atoms with Crippen LogP contribution in [-0.4, -0.2) is 17.4 Å².